The quantitative estimate of drug-likeness (QED) is 0.0262. The Bertz CT molecular complexity index is 1110. The van der Waals surface area contributed by atoms with Gasteiger partial charge in [-0.3, -0.25) is 14.4 Å². The van der Waals surface area contributed by atoms with Crippen molar-refractivity contribution < 1.29 is 28.6 Å². The average molecular weight is 883 g/mol. The highest BCUT2D eigenvalue weighted by atomic mass is 16.6. The van der Waals surface area contributed by atoms with Gasteiger partial charge >= 0.3 is 17.9 Å². The molecule has 0 aromatic rings. The highest BCUT2D eigenvalue weighted by molar-refractivity contribution is 5.71. The van der Waals surface area contributed by atoms with Gasteiger partial charge < -0.3 is 14.2 Å². The maximum atomic E-state index is 12.8. The van der Waals surface area contributed by atoms with Crippen molar-refractivity contribution >= 4 is 17.9 Å². The summed E-state index contributed by atoms with van der Waals surface area (Å²) in [5, 5.41) is 0. The third-order valence-corrected chi connectivity index (χ3v) is 11.8. The normalized spacial score (nSPS) is 12.4. The first-order valence-electron chi connectivity index (χ1n) is 27.1. The SMILES string of the molecule is CC/C=C\C/C=C\C/C=C\CCCCCCCC(=O)OC[C@H](COC(=O)CCCCCCCCCCCCCCCCC)OC(=O)CCCCCCC/C=C\CCCCCCCC. The van der Waals surface area contributed by atoms with Crippen LogP contribution < -0.4 is 0 Å². The summed E-state index contributed by atoms with van der Waals surface area (Å²) in [4.78, 5) is 38.0. The van der Waals surface area contributed by atoms with E-state index in [0.717, 1.165) is 109 Å². The molecule has 0 aliphatic heterocycles. The van der Waals surface area contributed by atoms with Crippen LogP contribution in [0.2, 0.25) is 0 Å². The molecule has 0 unspecified atom stereocenters. The van der Waals surface area contributed by atoms with Crippen LogP contribution in [0.25, 0.3) is 0 Å². The van der Waals surface area contributed by atoms with E-state index >= 15 is 0 Å². The molecule has 0 aliphatic rings. The Morgan fingerprint density at radius 1 is 0.333 bits per heavy atom. The second-order valence-corrected chi connectivity index (χ2v) is 18.1. The molecule has 0 rings (SSSR count). The van der Waals surface area contributed by atoms with E-state index in [9.17, 15) is 14.4 Å². The second-order valence-electron chi connectivity index (χ2n) is 18.1. The first-order valence-corrected chi connectivity index (χ1v) is 27.1. The van der Waals surface area contributed by atoms with Crippen LogP contribution in [0.4, 0.5) is 0 Å². The molecule has 0 spiro atoms. The lowest BCUT2D eigenvalue weighted by Gasteiger charge is -2.18. The molecule has 0 amide bonds. The van der Waals surface area contributed by atoms with E-state index in [1.165, 1.54) is 128 Å². The summed E-state index contributed by atoms with van der Waals surface area (Å²) in [5.74, 6) is -0.894. The largest absolute Gasteiger partial charge is 0.462 e. The minimum Gasteiger partial charge on any atom is -0.462 e. The Morgan fingerprint density at radius 2 is 0.619 bits per heavy atom. The highest BCUT2D eigenvalue weighted by Gasteiger charge is 2.19. The van der Waals surface area contributed by atoms with Crippen LogP contribution in [0.1, 0.15) is 278 Å². The number of rotatable bonds is 49. The van der Waals surface area contributed by atoms with Crippen molar-refractivity contribution in [1.82, 2.24) is 0 Å². The molecule has 1 atom stereocenters. The van der Waals surface area contributed by atoms with E-state index in [1.807, 2.05) is 0 Å². The van der Waals surface area contributed by atoms with Crippen molar-refractivity contribution in [2.45, 2.75) is 284 Å². The molecule has 0 N–H and O–H groups in total. The molecule has 0 radical (unpaired) electrons. The molecule has 0 aromatic carbocycles. The number of carbonyl (C=O) groups excluding carboxylic acids is 3. The molecule has 366 valence electrons. The second kappa shape index (κ2) is 52.0. The van der Waals surface area contributed by atoms with Crippen molar-refractivity contribution in [3.8, 4) is 0 Å². The fourth-order valence-electron chi connectivity index (χ4n) is 7.75. The highest BCUT2D eigenvalue weighted by Crippen LogP contribution is 2.16. The molecule has 63 heavy (non-hydrogen) atoms. The zero-order valence-electron chi connectivity index (χ0n) is 41.8. The lowest BCUT2D eigenvalue weighted by atomic mass is 10.0. The first-order chi connectivity index (χ1) is 31.0. The summed E-state index contributed by atoms with van der Waals surface area (Å²) >= 11 is 0. The topological polar surface area (TPSA) is 78.9 Å². The maximum Gasteiger partial charge on any atom is 0.306 e. The average Bonchev–Trinajstić information content (AvgIpc) is 3.28. The predicted octanol–water partition coefficient (Wildman–Crippen LogP) is 17.9. The molecule has 6 heteroatoms. The summed E-state index contributed by atoms with van der Waals surface area (Å²) in [7, 11) is 0. The Kier molecular flexibility index (Phi) is 49.8. The summed E-state index contributed by atoms with van der Waals surface area (Å²) in [6, 6.07) is 0. The van der Waals surface area contributed by atoms with Crippen LogP contribution in [0.3, 0.4) is 0 Å². The molecule has 0 aromatic heterocycles. The molecule has 6 nitrogen and oxygen atoms in total. The van der Waals surface area contributed by atoms with Crippen molar-refractivity contribution in [3.05, 3.63) is 48.6 Å². The number of allylic oxidation sites excluding steroid dienone is 8. The third kappa shape index (κ3) is 50.2. The lowest BCUT2D eigenvalue weighted by Crippen LogP contribution is -2.30. The predicted molar refractivity (Wildman–Crippen MR) is 270 cm³/mol. The number of hydrogen-bond acceptors (Lipinski definition) is 6. The Hall–Kier alpha value is -2.63. The fraction of sp³-hybridized carbons (Fsp3) is 0.807. The number of esters is 3. The van der Waals surface area contributed by atoms with Gasteiger partial charge in [-0.2, -0.15) is 0 Å². The summed E-state index contributed by atoms with van der Waals surface area (Å²) in [5.41, 5.74) is 0. The molecule has 0 heterocycles. The minimum atomic E-state index is -0.781. The van der Waals surface area contributed by atoms with Gasteiger partial charge in [-0.15, -0.1) is 0 Å². The zero-order valence-corrected chi connectivity index (χ0v) is 41.8. The molecule has 0 fully saturated rings. The first kappa shape index (κ1) is 60.4. The van der Waals surface area contributed by atoms with Crippen LogP contribution in [-0.2, 0) is 28.6 Å². The standard InChI is InChI=1S/C57H102O6/c1-4-7-10-13-16-19-22-25-28-31-34-37-40-43-46-49-55(58)61-52-54(63-57(60)51-48-45-42-39-36-33-30-27-24-21-18-15-12-9-6-3)53-62-56(59)50-47-44-41-38-35-32-29-26-23-20-17-14-11-8-5-2/h7,10,16,19,25,27-28,30,54H,4-6,8-9,11-15,17-18,20-24,26,29,31-53H2,1-3H3/b10-7-,19-16-,28-25-,30-27-/t54-/m1/s1. The number of unbranched alkanes of at least 4 members (excludes halogenated alkanes) is 30. The number of ether oxygens (including phenoxy) is 3. The van der Waals surface area contributed by atoms with E-state index in [0.29, 0.717) is 19.3 Å². The fourth-order valence-corrected chi connectivity index (χ4v) is 7.75. The minimum absolute atomic E-state index is 0.0794. The molecule has 0 aliphatic carbocycles. The molecular formula is C57H102O6. The monoisotopic (exact) mass is 883 g/mol. The van der Waals surface area contributed by atoms with Crippen molar-refractivity contribution in [3.63, 3.8) is 0 Å². The van der Waals surface area contributed by atoms with Gasteiger partial charge in [-0.1, -0.05) is 230 Å². The van der Waals surface area contributed by atoms with Crippen molar-refractivity contribution in [1.29, 1.82) is 0 Å². The lowest BCUT2D eigenvalue weighted by molar-refractivity contribution is -0.167. The van der Waals surface area contributed by atoms with Gasteiger partial charge in [-0.25, -0.2) is 0 Å². The van der Waals surface area contributed by atoms with Crippen molar-refractivity contribution in [2.24, 2.45) is 0 Å². The third-order valence-electron chi connectivity index (χ3n) is 11.8. The van der Waals surface area contributed by atoms with Gasteiger partial charge in [0.25, 0.3) is 0 Å². The summed E-state index contributed by atoms with van der Waals surface area (Å²) < 4.78 is 16.8. The molecular weight excluding hydrogens is 781 g/mol. The van der Waals surface area contributed by atoms with Gasteiger partial charge in [-0.05, 0) is 77.0 Å². The van der Waals surface area contributed by atoms with E-state index in [4.69, 9.17) is 14.2 Å². The van der Waals surface area contributed by atoms with Crippen molar-refractivity contribution in [2.75, 3.05) is 13.2 Å². The van der Waals surface area contributed by atoms with E-state index in [1.54, 1.807) is 0 Å². The van der Waals surface area contributed by atoms with Crippen LogP contribution in [0.5, 0.6) is 0 Å². The van der Waals surface area contributed by atoms with Gasteiger partial charge in [0, 0.05) is 19.3 Å². The van der Waals surface area contributed by atoms with Gasteiger partial charge in [0.05, 0.1) is 0 Å². The molecule has 0 bridgehead atoms. The van der Waals surface area contributed by atoms with Crippen LogP contribution in [0, 0.1) is 0 Å². The zero-order chi connectivity index (χ0) is 45.8. The molecule has 0 saturated heterocycles. The Balaban J connectivity index is 4.39. The Morgan fingerprint density at radius 3 is 0.984 bits per heavy atom. The van der Waals surface area contributed by atoms with Gasteiger partial charge in [0.15, 0.2) is 6.10 Å². The van der Waals surface area contributed by atoms with Gasteiger partial charge in [0.1, 0.15) is 13.2 Å². The van der Waals surface area contributed by atoms with E-state index in [-0.39, 0.29) is 31.1 Å². The smallest absolute Gasteiger partial charge is 0.306 e. The summed E-state index contributed by atoms with van der Waals surface area (Å²) in [6.07, 6.45) is 62.3. The Labute approximate surface area is 390 Å². The maximum absolute atomic E-state index is 12.8. The summed E-state index contributed by atoms with van der Waals surface area (Å²) in [6.45, 7) is 6.52. The number of hydrogen-bond donors (Lipinski definition) is 0. The molecule has 0 saturated carbocycles. The van der Waals surface area contributed by atoms with Gasteiger partial charge in [0.2, 0.25) is 0 Å². The van der Waals surface area contributed by atoms with Crippen LogP contribution in [0.15, 0.2) is 48.6 Å². The van der Waals surface area contributed by atoms with Crippen LogP contribution in [-0.4, -0.2) is 37.2 Å². The number of carbonyl (C=O) groups is 3. The van der Waals surface area contributed by atoms with E-state index in [2.05, 4.69) is 69.4 Å². The van der Waals surface area contributed by atoms with E-state index < -0.39 is 6.10 Å². The van der Waals surface area contributed by atoms with Crippen LogP contribution >= 0.6 is 0 Å².